The van der Waals surface area contributed by atoms with Gasteiger partial charge in [-0.1, -0.05) is 23.7 Å². The predicted molar refractivity (Wildman–Crippen MR) is 100 cm³/mol. The molecule has 0 atom stereocenters. The topological polar surface area (TPSA) is 35.6 Å². The molecule has 0 spiro atoms. The minimum atomic E-state index is -0.368. The number of benzene rings is 2. The Kier molecular flexibility index (Phi) is 5.13. The molecule has 2 aromatic rings. The molecular formula is C19H21ClFN3O. The van der Waals surface area contributed by atoms with Crippen LogP contribution < -0.4 is 10.2 Å². The molecule has 1 aliphatic rings. The number of nitrogens with zero attached hydrogens (tertiary/aromatic N) is 2. The third-order valence-electron chi connectivity index (χ3n) is 4.36. The number of nitrogens with one attached hydrogen (secondary N) is 1. The summed E-state index contributed by atoms with van der Waals surface area (Å²) in [5, 5.41) is 3.49. The lowest BCUT2D eigenvalue weighted by Gasteiger charge is -2.37. The van der Waals surface area contributed by atoms with Crippen LogP contribution in [0.1, 0.15) is 11.1 Å². The van der Waals surface area contributed by atoms with Crippen LogP contribution in [0.15, 0.2) is 36.4 Å². The maximum atomic E-state index is 13.2. The molecule has 3 rings (SSSR count). The van der Waals surface area contributed by atoms with Crippen LogP contribution >= 0.6 is 11.6 Å². The quantitative estimate of drug-likeness (QED) is 0.857. The van der Waals surface area contributed by atoms with Crippen LogP contribution in [-0.4, -0.2) is 37.1 Å². The fourth-order valence-corrected chi connectivity index (χ4v) is 3.65. The van der Waals surface area contributed by atoms with E-state index in [4.69, 9.17) is 11.6 Å². The Bertz CT molecular complexity index is 765. The van der Waals surface area contributed by atoms with Crippen molar-refractivity contribution in [1.82, 2.24) is 4.90 Å². The minimum Gasteiger partial charge on any atom is -0.367 e. The normalized spacial score (nSPS) is 14.6. The third-order valence-corrected chi connectivity index (χ3v) is 4.65. The second kappa shape index (κ2) is 7.31. The molecule has 0 aliphatic carbocycles. The Hall–Kier alpha value is -2.27. The van der Waals surface area contributed by atoms with Crippen LogP contribution in [0, 0.1) is 19.7 Å². The van der Waals surface area contributed by atoms with Gasteiger partial charge in [0.15, 0.2) is 0 Å². The first-order valence-corrected chi connectivity index (χ1v) is 8.65. The van der Waals surface area contributed by atoms with Crippen molar-refractivity contribution in [1.29, 1.82) is 0 Å². The largest absolute Gasteiger partial charge is 0.367 e. The number of carbonyl (C=O) groups excluding carboxylic acids is 1. The summed E-state index contributed by atoms with van der Waals surface area (Å²) in [6.07, 6.45) is 0. The van der Waals surface area contributed by atoms with Crippen LogP contribution in [0.5, 0.6) is 0 Å². The lowest BCUT2D eigenvalue weighted by atomic mass is 10.1. The summed E-state index contributed by atoms with van der Waals surface area (Å²) in [5.74, 6) is -0.368. The highest BCUT2D eigenvalue weighted by Gasteiger charge is 2.23. The van der Waals surface area contributed by atoms with E-state index in [-0.39, 0.29) is 11.8 Å². The van der Waals surface area contributed by atoms with Crippen LogP contribution in [0.4, 0.5) is 20.6 Å². The first kappa shape index (κ1) is 17.5. The summed E-state index contributed by atoms with van der Waals surface area (Å²) in [7, 11) is 0. The Morgan fingerprint density at radius 3 is 2.48 bits per heavy atom. The van der Waals surface area contributed by atoms with Crippen molar-refractivity contribution in [3.63, 3.8) is 0 Å². The summed E-state index contributed by atoms with van der Waals surface area (Å²) in [5.41, 5.74) is 3.78. The number of piperazine rings is 1. The number of halogens is 2. The number of amides is 2. The average Bonchev–Trinajstić information content (AvgIpc) is 2.54. The van der Waals surface area contributed by atoms with Crippen molar-refractivity contribution in [2.24, 2.45) is 0 Å². The molecule has 0 bridgehead atoms. The fourth-order valence-electron chi connectivity index (χ4n) is 3.21. The van der Waals surface area contributed by atoms with Crippen molar-refractivity contribution in [3.05, 3.63) is 58.4 Å². The zero-order valence-electron chi connectivity index (χ0n) is 14.4. The number of aryl methyl sites for hydroxylation is 2. The van der Waals surface area contributed by atoms with Crippen molar-refractivity contribution in [2.75, 3.05) is 36.4 Å². The Balaban J connectivity index is 1.63. The molecule has 132 valence electrons. The SMILES string of the molecule is Cc1cc(C)c(N2CCN(C(=O)Nc3cccc(F)c3)CC2)c(Cl)c1. The fraction of sp³-hybridized carbons (Fsp3) is 0.316. The van der Waals surface area contributed by atoms with Crippen LogP contribution in [-0.2, 0) is 0 Å². The van der Waals surface area contributed by atoms with Gasteiger partial charge in [-0.05, 0) is 49.2 Å². The van der Waals surface area contributed by atoms with Crippen LogP contribution in [0.2, 0.25) is 5.02 Å². The monoisotopic (exact) mass is 361 g/mol. The van der Waals surface area contributed by atoms with Crippen molar-refractivity contribution >= 4 is 29.0 Å². The number of rotatable bonds is 2. The number of urea groups is 1. The number of hydrogen-bond acceptors (Lipinski definition) is 2. The molecule has 0 radical (unpaired) electrons. The lowest BCUT2D eigenvalue weighted by Crippen LogP contribution is -2.50. The number of hydrogen-bond donors (Lipinski definition) is 1. The molecule has 25 heavy (non-hydrogen) atoms. The maximum absolute atomic E-state index is 13.2. The van der Waals surface area contributed by atoms with Gasteiger partial charge in [-0.15, -0.1) is 0 Å². The van der Waals surface area contributed by atoms with E-state index in [9.17, 15) is 9.18 Å². The molecule has 1 aliphatic heterocycles. The van der Waals surface area contributed by atoms with E-state index in [1.807, 2.05) is 13.0 Å². The van der Waals surface area contributed by atoms with Crippen molar-refractivity contribution in [3.8, 4) is 0 Å². The van der Waals surface area contributed by atoms with Gasteiger partial charge in [-0.3, -0.25) is 0 Å². The van der Waals surface area contributed by atoms with Crippen LogP contribution in [0.3, 0.4) is 0 Å². The van der Waals surface area contributed by atoms with E-state index < -0.39 is 0 Å². The van der Waals surface area contributed by atoms with Gasteiger partial charge < -0.3 is 15.1 Å². The zero-order chi connectivity index (χ0) is 18.0. The number of anilines is 2. The van der Waals surface area contributed by atoms with E-state index in [0.29, 0.717) is 31.9 Å². The van der Waals surface area contributed by atoms with E-state index in [2.05, 4.69) is 23.2 Å². The third kappa shape index (κ3) is 4.04. The van der Waals surface area contributed by atoms with Gasteiger partial charge >= 0.3 is 6.03 Å². The van der Waals surface area contributed by atoms with Gasteiger partial charge in [-0.25, -0.2) is 9.18 Å². The summed E-state index contributed by atoms with van der Waals surface area (Å²) in [6.45, 7) is 6.67. The number of carbonyl (C=O) groups is 1. The molecule has 1 N–H and O–H groups in total. The van der Waals surface area contributed by atoms with E-state index in [0.717, 1.165) is 21.8 Å². The summed E-state index contributed by atoms with van der Waals surface area (Å²) in [6, 6.07) is 9.78. The molecule has 1 heterocycles. The second-order valence-corrected chi connectivity index (χ2v) is 6.73. The van der Waals surface area contributed by atoms with E-state index >= 15 is 0 Å². The highest BCUT2D eigenvalue weighted by Crippen LogP contribution is 2.31. The van der Waals surface area contributed by atoms with E-state index in [1.54, 1.807) is 17.0 Å². The highest BCUT2D eigenvalue weighted by atomic mass is 35.5. The van der Waals surface area contributed by atoms with Gasteiger partial charge in [0.25, 0.3) is 0 Å². The van der Waals surface area contributed by atoms with Gasteiger partial charge in [0.2, 0.25) is 0 Å². The summed E-state index contributed by atoms with van der Waals surface area (Å²) >= 11 is 6.42. The molecule has 0 unspecified atom stereocenters. The molecule has 1 fully saturated rings. The standard InChI is InChI=1S/C19H21ClFN3O/c1-13-10-14(2)18(17(20)11-13)23-6-8-24(9-7-23)19(25)22-16-5-3-4-15(21)12-16/h3-5,10-12H,6-9H2,1-2H3,(H,22,25). The Labute approximate surface area is 152 Å². The summed E-state index contributed by atoms with van der Waals surface area (Å²) < 4.78 is 13.2. The highest BCUT2D eigenvalue weighted by molar-refractivity contribution is 6.33. The van der Waals surface area contributed by atoms with Gasteiger partial charge in [-0.2, -0.15) is 0 Å². The molecule has 6 heteroatoms. The minimum absolute atomic E-state index is 0.211. The first-order valence-electron chi connectivity index (χ1n) is 8.27. The second-order valence-electron chi connectivity index (χ2n) is 6.33. The smallest absolute Gasteiger partial charge is 0.321 e. The van der Waals surface area contributed by atoms with Gasteiger partial charge in [0.05, 0.1) is 10.7 Å². The van der Waals surface area contributed by atoms with Crippen molar-refractivity contribution < 1.29 is 9.18 Å². The molecular weight excluding hydrogens is 341 g/mol. The summed E-state index contributed by atoms with van der Waals surface area (Å²) in [4.78, 5) is 16.3. The van der Waals surface area contributed by atoms with Gasteiger partial charge in [0.1, 0.15) is 5.82 Å². The van der Waals surface area contributed by atoms with Gasteiger partial charge in [0, 0.05) is 31.9 Å². The molecule has 0 saturated carbocycles. The maximum Gasteiger partial charge on any atom is 0.321 e. The lowest BCUT2D eigenvalue weighted by molar-refractivity contribution is 0.208. The molecule has 2 aromatic carbocycles. The zero-order valence-corrected chi connectivity index (χ0v) is 15.1. The first-order chi connectivity index (χ1) is 11.9. The molecule has 1 saturated heterocycles. The van der Waals surface area contributed by atoms with E-state index in [1.165, 1.54) is 12.1 Å². The molecule has 2 amide bonds. The average molecular weight is 362 g/mol. The van der Waals surface area contributed by atoms with Crippen molar-refractivity contribution in [2.45, 2.75) is 13.8 Å². The van der Waals surface area contributed by atoms with Crippen LogP contribution in [0.25, 0.3) is 0 Å². The predicted octanol–water partition coefficient (Wildman–Crippen LogP) is 4.45. The molecule has 0 aromatic heterocycles. The molecule has 4 nitrogen and oxygen atoms in total. The Morgan fingerprint density at radius 2 is 1.84 bits per heavy atom. The Morgan fingerprint density at radius 1 is 1.12 bits per heavy atom.